The molecule has 7 nitrogen and oxygen atoms in total. The molecule has 3 saturated carbocycles. The summed E-state index contributed by atoms with van der Waals surface area (Å²) in [5, 5.41) is 0.105. The Hall–Kier alpha value is -1.80. The highest BCUT2D eigenvalue weighted by Gasteiger charge is 2.64. The highest BCUT2D eigenvalue weighted by atomic mass is 32.2. The molecule has 0 N–H and O–H groups in total. The Bertz CT molecular complexity index is 1430. The van der Waals surface area contributed by atoms with Crippen LogP contribution in [0.4, 0.5) is 4.79 Å². The number of unbranched alkanes of at least 4 members (excludes halogenated alkanes) is 8. The van der Waals surface area contributed by atoms with Crippen LogP contribution in [-0.2, 0) is 19.1 Å². The fraction of sp³-hybridized carbons (Fsp3) is 0.870. The van der Waals surface area contributed by atoms with Gasteiger partial charge in [0.1, 0.15) is 12.7 Å². The molecule has 0 aromatic heterocycles. The summed E-state index contributed by atoms with van der Waals surface area (Å²) in [4.78, 5) is 42.8. The quantitative estimate of drug-likeness (QED) is 0.0440. The van der Waals surface area contributed by atoms with E-state index in [1.807, 2.05) is 25.1 Å². The summed E-state index contributed by atoms with van der Waals surface area (Å²) in [5.74, 6) is 4.60. The Balaban J connectivity index is 1.19. The third-order valence-electron chi connectivity index (χ3n) is 16.8. The molecular weight excluding hydrogens is 789 g/mol. The molecule has 0 aromatic rings. The number of hydrogen-bond acceptors (Lipinski definition) is 7. The van der Waals surface area contributed by atoms with Gasteiger partial charge in [0.25, 0.3) is 5.24 Å². The minimum Gasteiger partial charge on any atom is -0.462 e. The molecule has 0 aromatic carbocycles. The molecule has 0 saturated heterocycles. The topological polar surface area (TPSA) is 76.1 Å². The van der Waals surface area contributed by atoms with Crippen molar-refractivity contribution < 1.29 is 23.9 Å². The molecule has 4 rings (SSSR count). The summed E-state index contributed by atoms with van der Waals surface area (Å²) in [6.45, 7) is 19.9. The van der Waals surface area contributed by atoms with Gasteiger partial charge in [-0.1, -0.05) is 142 Å². The molecule has 356 valence electrons. The van der Waals surface area contributed by atoms with Crippen LogP contribution in [0.5, 0.6) is 0 Å². The van der Waals surface area contributed by atoms with Gasteiger partial charge >= 0.3 is 11.9 Å². The van der Waals surface area contributed by atoms with Crippen molar-refractivity contribution in [2.24, 2.45) is 45.8 Å². The molecule has 4 aliphatic carbocycles. The average molecular weight is 883 g/mol. The van der Waals surface area contributed by atoms with Gasteiger partial charge in [-0.05, 0) is 137 Å². The molecule has 62 heavy (non-hydrogen) atoms. The van der Waals surface area contributed by atoms with Crippen LogP contribution in [0.15, 0.2) is 23.8 Å². The number of esters is 2. The molecule has 1 amide bonds. The van der Waals surface area contributed by atoms with E-state index in [4.69, 9.17) is 9.47 Å². The van der Waals surface area contributed by atoms with Crippen LogP contribution in [-0.4, -0.2) is 79.2 Å². The van der Waals surface area contributed by atoms with E-state index in [9.17, 15) is 14.4 Å². The SMILES string of the molecule is CCCCCC/C=C\COC(=O)CCCCCCCN(CCCC(=O)O[C@H]1CC[C@@]2(C)C(=CC[C@H]3[C@@H]4CC[C@H]([C@H](C)CCCC(C)C)[C@@]4(C)CC[C@@]32C)C1)C(=O)SCCN(C)C. The summed E-state index contributed by atoms with van der Waals surface area (Å²) in [5.41, 5.74) is 2.53. The molecule has 8 atom stereocenters. The van der Waals surface area contributed by atoms with E-state index < -0.39 is 0 Å². The minimum absolute atomic E-state index is 0.0403. The number of allylic oxidation sites excluding steroid dienone is 2. The number of nitrogens with zero attached hydrogens (tertiary/aromatic N) is 2. The Kier molecular flexibility index (Phi) is 22.5. The second kappa shape index (κ2) is 26.4. The van der Waals surface area contributed by atoms with Crippen LogP contribution >= 0.6 is 11.8 Å². The van der Waals surface area contributed by atoms with E-state index >= 15 is 0 Å². The first-order chi connectivity index (χ1) is 29.6. The van der Waals surface area contributed by atoms with Crippen LogP contribution in [0.2, 0.25) is 0 Å². The van der Waals surface area contributed by atoms with Gasteiger partial charge in [-0.3, -0.25) is 14.4 Å². The highest BCUT2D eigenvalue weighted by Crippen LogP contribution is 2.72. The molecule has 8 heteroatoms. The standard InChI is InChI=1S/C54H94N2O5S/c1-10-11-12-13-14-18-21-39-60-49(57)26-19-16-15-17-20-36-56(51(59)62-40-38-55(8)9)37-23-27-50(58)61-45-32-33-53(6)44(41-45)28-29-48-47-31-30-46(43(4)25-22-24-42(2)3)52(47,5)34-35-54(48,53)7/h18,21,28,42-43,45-48H,10-17,19-20,22-27,29-41H2,1-9H3/b21-18-/t43-,45+,46-,47+,48+,52-,53+,54+/m1/s1. The van der Waals surface area contributed by atoms with Crippen LogP contribution in [0.1, 0.15) is 203 Å². The van der Waals surface area contributed by atoms with E-state index in [1.165, 1.54) is 88.8 Å². The van der Waals surface area contributed by atoms with E-state index in [0.717, 1.165) is 99.7 Å². The molecule has 0 bridgehead atoms. The molecule has 0 aliphatic heterocycles. The zero-order valence-corrected chi connectivity index (χ0v) is 42.4. The molecule has 3 fully saturated rings. The van der Waals surface area contributed by atoms with Crippen molar-refractivity contribution in [2.75, 3.05) is 46.1 Å². The van der Waals surface area contributed by atoms with Crippen LogP contribution in [0, 0.1) is 45.8 Å². The third kappa shape index (κ3) is 15.1. The first-order valence-corrected chi connectivity index (χ1v) is 26.9. The van der Waals surface area contributed by atoms with Crippen molar-refractivity contribution in [1.82, 2.24) is 9.80 Å². The van der Waals surface area contributed by atoms with Gasteiger partial charge in [0.05, 0.1) is 0 Å². The maximum atomic E-state index is 13.3. The van der Waals surface area contributed by atoms with Crippen molar-refractivity contribution in [1.29, 1.82) is 0 Å². The molecular formula is C54H94N2O5S. The van der Waals surface area contributed by atoms with Crippen molar-refractivity contribution >= 4 is 28.9 Å². The smallest absolute Gasteiger partial charge is 0.306 e. The number of hydrogen-bond donors (Lipinski definition) is 0. The van der Waals surface area contributed by atoms with E-state index in [2.05, 4.69) is 65.5 Å². The van der Waals surface area contributed by atoms with Gasteiger partial charge in [-0.15, -0.1) is 0 Å². The maximum absolute atomic E-state index is 13.3. The lowest BCUT2D eigenvalue weighted by Crippen LogP contribution is -2.57. The highest BCUT2D eigenvalue weighted by molar-refractivity contribution is 8.13. The Morgan fingerprint density at radius 1 is 0.790 bits per heavy atom. The van der Waals surface area contributed by atoms with E-state index in [-0.39, 0.29) is 28.7 Å². The second-order valence-corrected chi connectivity index (χ2v) is 22.8. The Labute approximate surface area is 385 Å². The molecule has 0 radical (unpaired) electrons. The molecule has 0 heterocycles. The lowest BCUT2D eigenvalue weighted by molar-refractivity contribution is -0.154. The summed E-state index contributed by atoms with van der Waals surface area (Å²) >= 11 is 1.38. The predicted molar refractivity (Wildman–Crippen MR) is 261 cm³/mol. The Morgan fingerprint density at radius 2 is 1.52 bits per heavy atom. The van der Waals surface area contributed by atoms with E-state index in [1.54, 1.807) is 5.57 Å². The monoisotopic (exact) mass is 883 g/mol. The number of carbonyl (C=O) groups excluding carboxylic acids is 3. The van der Waals surface area contributed by atoms with Crippen LogP contribution in [0.25, 0.3) is 0 Å². The zero-order valence-electron chi connectivity index (χ0n) is 41.5. The van der Waals surface area contributed by atoms with Gasteiger partial charge in [0.2, 0.25) is 0 Å². The number of fused-ring (bicyclic) bond motifs is 5. The van der Waals surface area contributed by atoms with Crippen molar-refractivity contribution in [2.45, 2.75) is 209 Å². The maximum Gasteiger partial charge on any atom is 0.306 e. The summed E-state index contributed by atoms with van der Waals surface area (Å²) in [7, 11) is 4.06. The summed E-state index contributed by atoms with van der Waals surface area (Å²) in [6.07, 6.45) is 32.7. The minimum atomic E-state index is -0.118. The van der Waals surface area contributed by atoms with E-state index in [0.29, 0.717) is 49.8 Å². The predicted octanol–water partition coefficient (Wildman–Crippen LogP) is 14.2. The molecule has 0 unspecified atom stereocenters. The van der Waals surface area contributed by atoms with Gasteiger partial charge in [0.15, 0.2) is 0 Å². The Morgan fingerprint density at radius 3 is 2.27 bits per heavy atom. The van der Waals surface area contributed by atoms with Crippen LogP contribution in [0.3, 0.4) is 0 Å². The largest absolute Gasteiger partial charge is 0.462 e. The van der Waals surface area contributed by atoms with Crippen molar-refractivity contribution in [3.8, 4) is 0 Å². The average Bonchev–Trinajstić information content (AvgIpc) is 3.58. The van der Waals surface area contributed by atoms with Crippen LogP contribution < -0.4 is 0 Å². The fourth-order valence-corrected chi connectivity index (χ4v) is 13.6. The van der Waals surface area contributed by atoms with Gasteiger partial charge < -0.3 is 19.3 Å². The van der Waals surface area contributed by atoms with Gasteiger partial charge in [-0.2, -0.15) is 0 Å². The second-order valence-electron chi connectivity index (χ2n) is 21.8. The number of carbonyl (C=O) groups is 3. The number of thioether (sulfide) groups is 1. The first kappa shape index (κ1) is 52.8. The van der Waals surface area contributed by atoms with Crippen molar-refractivity contribution in [3.63, 3.8) is 0 Å². The number of amides is 1. The van der Waals surface area contributed by atoms with Crippen molar-refractivity contribution in [3.05, 3.63) is 23.8 Å². The lowest BCUT2D eigenvalue weighted by atomic mass is 9.40. The van der Waals surface area contributed by atoms with Gasteiger partial charge in [0, 0.05) is 44.6 Å². The summed E-state index contributed by atoms with van der Waals surface area (Å²) < 4.78 is 11.6. The lowest BCUT2D eigenvalue weighted by Gasteiger charge is -2.64. The number of ether oxygens (including phenoxy) is 2. The summed E-state index contributed by atoms with van der Waals surface area (Å²) in [6, 6.07) is 0. The number of rotatable bonds is 28. The normalized spacial score (nSPS) is 28.7. The molecule has 0 spiro atoms. The zero-order chi connectivity index (χ0) is 45.2. The third-order valence-corrected chi connectivity index (χ3v) is 17.7. The van der Waals surface area contributed by atoms with Gasteiger partial charge in [-0.25, -0.2) is 0 Å². The first-order valence-electron chi connectivity index (χ1n) is 25.9. The molecule has 4 aliphatic rings. The fourth-order valence-electron chi connectivity index (χ4n) is 12.6.